The largest absolute Gasteiger partial charge is 0.462 e. The Labute approximate surface area is 151 Å². The number of carbonyl (C=O) groups is 1. The van der Waals surface area contributed by atoms with E-state index in [2.05, 4.69) is 4.98 Å². The maximum absolute atomic E-state index is 12.7. The minimum absolute atomic E-state index is 0.0769. The second kappa shape index (κ2) is 6.52. The zero-order valence-corrected chi connectivity index (χ0v) is 14.3. The van der Waals surface area contributed by atoms with Crippen molar-refractivity contribution >= 4 is 16.7 Å². The molecule has 5 heteroatoms. The molecule has 1 aliphatic rings. The van der Waals surface area contributed by atoms with E-state index in [9.17, 15) is 4.79 Å². The maximum Gasteiger partial charge on any atom is 0.340 e. The lowest BCUT2D eigenvalue weighted by molar-refractivity contribution is -0.139. The fraction of sp³-hybridized carbons (Fsp3) is 0.143. The highest BCUT2D eigenvalue weighted by atomic mass is 16.5. The van der Waals surface area contributed by atoms with Crippen LogP contribution in [-0.4, -0.2) is 17.6 Å². The van der Waals surface area contributed by atoms with Gasteiger partial charge in [0, 0.05) is 18.0 Å². The predicted octanol–water partition coefficient (Wildman–Crippen LogP) is 3.49. The average Bonchev–Trinajstić information content (AvgIpc) is 2.67. The topological polar surface area (TPSA) is 74.4 Å². The number of ether oxygens (including phenoxy) is 2. The molecule has 1 unspecified atom stereocenters. The number of rotatable bonds is 3. The first-order valence-electron chi connectivity index (χ1n) is 8.47. The number of carbonyl (C=O) groups excluding carboxylic acids is 1. The van der Waals surface area contributed by atoms with Gasteiger partial charge >= 0.3 is 5.97 Å². The van der Waals surface area contributed by atoms with E-state index in [1.165, 1.54) is 0 Å². The van der Waals surface area contributed by atoms with Crippen molar-refractivity contribution in [3.63, 3.8) is 0 Å². The molecular weight excluding hydrogens is 328 g/mol. The van der Waals surface area contributed by atoms with Crippen LogP contribution in [0.3, 0.4) is 0 Å². The van der Waals surface area contributed by atoms with Crippen LogP contribution in [0.15, 0.2) is 72.4 Å². The van der Waals surface area contributed by atoms with Crippen molar-refractivity contribution in [1.29, 1.82) is 0 Å². The highest BCUT2D eigenvalue weighted by Gasteiger charge is 2.36. The van der Waals surface area contributed by atoms with Crippen LogP contribution in [-0.2, 0) is 9.53 Å². The molecule has 0 amide bonds. The van der Waals surface area contributed by atoms with Gasteiger partial charge < -0.3 is 15.2 Å². The quantitative estimate of drug-likeness (QED) is 0.735. The fourth-order valence-corrected chi connectivity index (χ4v) is 3.44. The number of hydrogen-bond acceptors (Lipinski definition) is 5. The smallest absolute Gasteiger partial charge is 0.340 e. The highest BCUT2D eigenvalue weighted by molar-refractivity contribution is 5.97. The van der Waals surface area contributed by atoms with Gasteiger partial charge in [-0.25, -0.2) is 4.79 Å². The number of nitrogens with zero attached hydrogens (tertiary/aromatic N) is 1. The fourth-order valence-electron chi connectivity index (χ4n) is 3.44. The number of nitrogens with two attached hydrogens (primary N) is 1. The third kappa shape index (κ3) is 2.58. The van der Waals surface area contributed by atoms with Crippen molar-refractivity contribution in [2.45, 2.75) is 12.8 Å². The van der Waals surface area contributed by atoms with Crippen molar-refractivity contribution in [2.24, 2.45) is 5.73 Å². The van der Waals surface area contributed by atoms with Crippen LogP contribution in [0.5, 0.6) is 5.75 Å². The zero-order valence-electron chi connectivity index (χ0n) is 14.3. The number of benzene rings is 2. The summed E-state index contributed by atoms with van der Waals surface area (Å²) in [5.41, 5.74) is 8.28. The molecule has 130 valence electrons. The van der Waals surface area contributed by atoms with Gasteiger partial charge in [-0.3, -0.25) is 4.98 Å². The minimum atomic E-state index is -0.467. The standard InChI is InChI=1S/C21H18N2O3/c1-2-25-21(24)19-17(14-9-11-23-12-10-14)18-15-6-4-3-5-13(15)7-8-16(18)26-20(19)22/h3-12,17H,2,22H2,1H3. The van der Waals surface area contributed by atoms with Crippen molar-refractivity contribution in [2.75, 3.05) is 6.61 Å². The zero-order chi connectivity index (χ0) is 18.1. The van der Waals surface area contributed by atoms with Crippen LogP contribution >= 0.6 is 0 Å². The van der Waals surface area contributed by atoms with Crippen molar-refractivity contribution in [3.8, 4) is 5.75 Å². The summed E-state index contributed by atoms with van der Waals surface area (Å²) in [6, 6.07) is 15.7. The first-order valence-corrected chi connectivity index (χ1v) is 8.47. The molecule has 0 bridgehead atoms. The van der Waals surface area contributed by atoms with Gasteiger partial charge in [0.1, 0.15) is 11.3 Å². The highest BCUT2D eigenvalue weighted by Crippen LogP contribution is 2.45. The number of hydrogen-bond donors (Lipinski definition) is 1. The lowest BCUT2D eigenvalue weighted by atomic mass is 9.81. The van der Waals surface area contributed by atoms with Crippen molar-refractivity contribution in [1.82, 2.24) is 4.98 Å². The van der Waals surface area contributed by atoms with Crippen LogP contribution in [0.1, 0.15) is 24.0 Å². The molecule has 0 radical (unpaired) electrons. The number of esters is 1. The molecule has 0 saturated heterocycles. The summed E-state index contributed by atoms with van der Waals surface area (Å²) in [6.45, 7) is 2.03. The van der Waals surface area contributed by atoms with Gasteiger partial charge in [0.05, 0.1) is 12.5 Å². The molecule has 0 saturated carbocycles. The molecule has 0 spiro atoms. The maximum atomic E-state index is 12.7. The Morgan fingerprint density at radius 1 is 1.15 bits per heavy atom. The van der Waals surface area contributed by atoms with Crippen LogP contribution in [0, 0.1) is 0 Å². The Morgan fingerprint density at radius 3 is 2.69 bits per heavy atom. The molecule has 0 aliphatic carbocycles. The third-order valence-corrected chi connectivity index (χ3v) is 4.53. The molecule has 2 heterocycles. The van der Waals surface area contributed by atoms with Crippen molar-refractivity contribution < 1.29 is 14.3 Å². The molecule has 26 heavy (non-hydrogen) atoms. The van der Waals surface area contributed by atoms with Crippen LogP contribution in [0.4, 0.5) is 0 Å². The van der Waals surface area contributed by atoms with Crippen LogP contribution in [0.25, 0.3) is 10.8 Å². The van der Waals surface area contributed by atoms with Gasteiger partial charge in [-0.1, -0.05) is 30.3 Å². The summed E-state index contributed by atoms with van der Waals surface area (Å²) in [7, 11) is 0. The van der Waals surface area contributed by atoms with E-state index in [1.54, 1.807) is 19.3 Å². The summed E-state index contributed by atoms with van der Waals surface area (Å²) >= 11 is 0. The minimum Gasteiger partial charge on any atom is -0.462 e. The molecule has 1 atom stereocenters. The van der Waals surface area contributed by atoms with E-state index >= 15 is 0 Å². The Bertz CT molecular complexity index is 1010. The molecule has 4 rings (SSSR count). The Balaban J connectivity index is 2.01. The second-order valence-corrected chi connectivity index (χ2v) is 6.01. The van der Waals surface area contributed by atoms with Gasteiger partial charge in [-0.2, -0.15) is 0 Å². The van der Waals surface area contributed by atoms with Gasteiger partial charge in [-0.15, -0.1) is 0 Å². The van der Waals surface area contributed by atoms with E-state index in [1.807, 2.05) is 48.5 Å². The van der Waals surface area contributed by atoms with Gasteiger partial charge in [0.2, 0.25) is 5.88 Å². The first-order chi connectivity index (χ1) is 12.7. The summed E-state index contributed by atoms with van der Waals surface area (Å²) < 4.78 is 11.1. The van der Waals surface area contributed by atoms with Gasteiger partial charge in [-0.05, 0) is 41.5 Å². The monoisotopic (exact) mass is 346 g/mol. The van der Waals surface area contributed by atoms with E-state index < -0.39 is 5.97 Å². The molecule has 0 fully saturated rings. The molecule has 1 aromatic heterocycles. The van der Waals surface area contributed by atoms with E-state index in [0.29, 0.717) is 11.3 Å². The number of fused-ring (bicyclic) bond motifs is 3. The van der Waals surface area contributed by atoms with Crippen LogP contribution in [0.2, 0.25) is 0 Å². The molecule has 1 aliphatic heterocycles. The molecule has 5 nitrogen and oxygen atoms in total. The van der Waals surface area contributed by atoms with E-state index in [4.69, 9.17) is 15.2 Å². The lowest BCUT2D eigenvalue weighted by Gasteiger charge is -2.29. The Kier molecular flexibility index (Phi) is 4.05. The second-order valence-electron chi connectivity index (χ2n) is 6.01. The Hall–Kier alpha value is -3.34. The van der Waals surface area contributed by atoms with Gasteiger partial charge in [0.25, 0.3) is 0 Å². The number of pyridine rings is 1. The van der Waals surface area contributed by atoms with E-state index in [0.717, 1.165) is 21.9 Å². The lowest BCUT2D eigenvalue weighted by Crippen LogP contribution is -2.27. The van der Waals surface area contributed by atoms with Gasteiger partial charge in [0.15, 0.2) is 0 Å². The first kappa shape index (κ1) is 16.1. The molecule has 3 aromatic rings. The molecular formula is C21H18N2O3. The summed E-state index contributed by atoms with van der Waals surface area (Å²) in [4.78, 5) is 16.8. The molecule has 2 aromatic carbocycles. The summed E-state index contributed by atoms with van der Waals surface area (Å²) in [5.74, 6) is -0.124. The molecule has 2 N–H and O–H groups in total. The normalized spacial score (nSPS) is 16.1. The van der Waals surface area contributed by atoms with Crippen LogP contribution < -0.4 is 10.5 Å². The third-order valence-electron chi connectivity index (χ3n) is 4.53. The average molecular weight is 346 g/mol. The summed E-state index contributed by atoms with van der Waals surface area (Å²) in [5, 5.41) is 2.08. The summed E-state index contributed by atoms with van der Waals surface area (Å²) in [6.07, 6.45) is 3.41. The Morgan fingerprint density at radius 2 is 1.92 bits per heavy atom. The predicted molar refractivity (Wildman–Crippen MR) is 98.5 cm³/mol. The SMILES string of the molecule is CCOC(=O)C1=C(N)Oc2ccc3ccccc3c2C1c1ccncc1. The van der Waals surface area contributed by atoms with E-state index in [-0.39, 0.29) is 18.4 Å². The number of aromatic nitrogens is 1. The van der Waals surface area contributed by atoms with Crippen molar-refractivity contribution in [3.05, 3.63) is 83.5 Å².